The standard InChI is InChI=1S/C19H14I2O6/c20-14-9-13(10-15(21)18(14)24)19(25)26-8-4-7-17(23)27-11-16(22)12-5-2-1-3-6-12/h1-7,9-10,24H,8,11H2/b7-4+. The molecule has 0 heterocycles. The summed E-state index contributed by atoms with van der Waals surface area (Å²) >= 11 is 3.83. The van der Waals surface area contributed by atoms with Crippen LogP contribution < -0.4 is 0 Å². The normalized spacial score (nSPS) is 10.6. The van der Waals surface area contributed by atoms with Crippen LogP contribution in [-0.2, 0) is 14.3 Å². The monoisotopic (exact) mass is 592 g/mol. The van der Waals surface area contributed by atoms with E-state index in [4.69, 9.17) is 9.47 Å². The molecule has 2 rings (SSSR count). The molecule has 2 aromatic carbocycles. The van der Waals surface area contributed by atoms with Gasteiger partial charge >= 0.3 is 11.9 Å². The predicted molar refractivity (Wildman–Crippen MR) is 115 cm³/mol. The smallest absolute Gasteiger partial charge is 0.338 e. The number of ketones is 1. The van der Waals surface area contributed by atoms with Gasteiger partial charge in [-0.25, -0.2) is 9.59 Å². The van der Waals surface area contributed by atoms with Gasteiger partial charge in [-0.15, -0.1) is 0 Å². The zero-order chi connectivity index (χ0) is 19.8. The summed E-state index contributed by atoms with van der Waals surface area (Å²) in [6.45, 7) is -0.494. The Morgan fingerprint density at radius 1 is 0.963 bits per heavy atom. The number of Topliss-reactive ketones (excluding diaryl/α,β-unsaturated/α-hetero) is 1. The van der Waals surface area contributed by atoms with E-state index in [-0.39, 0.29) is 24.7 Å². The van der Waals surface area contributed by atoms with Crippen LogP contribution in [-0.4, -0.2) is 36.0 Å². The molecule has 0 aliphatic carbocycles. The summed E-state index contributed by atoms with van der Waals surface area (Å²) in [6, 6.07) is 11.5. The zero-order valence-electron chi connectivity index (χ0n) is 13.9. The molecule has 0 saturated carbocycles. The topological polar surface area (TPSA) is 89.9 Å². The number of phenolic OH excluding ortho intramolecular Hbond substituents is 1. The van der Waals surface area contributed by atoms with E-state index in [2.05, 4.69) is 0 Å². The second-order valence-electron chi connectivity index (χ2n) is 5.19. The minimum atomic E-state index is -0.705. The average Bonchev–Trinajstić information content (AvgIpc) is 2.67. The van der Waals surface area contributed by atoms with Crippen molar-refractivity contribution in [3.63, 3.8) is 0 Å². The highest BCUT2D eigenvalue weighted by Gasteiger charge is 2.12. The molecule has 0 atom stereocenters. The zero-order valence-corrected chi connectivity index (χ0v) is 18.2. The van der Waals surface area contributed by atoms with Crippen molar-refractivity contribution in [2.45, 2.75) is 0 Å². The Labute approximate surface area is 182 Å². The Kier molecular flexibility index (Phi) is 8.23. The molecule has 0 radical (unpaired) electrons. The van der Waals surface area contributed by atoms with Crippen molar-refractivity contribution in [1.82, 2.24) is 0 Å². The fraction of sp³-hybridized carbons (Fsp3) is 0.105. The quantitative estimate of drug-likeness (QED) is 0.228. The van der Waals surface area contributed by atoms with Crippen molar-refractivity contribution >= 4 is 62.9 Å². The number of carbonyl (C=O) groups excluding carboxylic acids is 3. The molecule has 27 heavy (non-hydrogen) atoms. The van der Waals surface area contributed by atoms with Gasteiger partial charge in [0.25, 0.3) is 0 Å². The van der Waals surface area contributed by atoms with Gasteiger partial charge in [-0.3, -0.25) is 4.79 Å². The molecular formula is C19H14I2O6. The van der Waals surface area contributed by atoms with Gasteiger partial charge in [0.15, 0.2) is 12.4 Å². The number of benzene rings is 2. The lowest BCUT2D eigenvalue weighted by molar-refractivity contribution is -0.136. The minimum Gasteiger partial charge on any atom is -0.506 e. The molecule has 0 fully saturated rings. The van der Waals surface area contributed by atoms with E-state index >= 15 is 0 Å². The molecule has 2 aromatic rings. The van der Waals surface area contributed by atoms with E-state index in [1.807, 2.05) is 45.2 Å². The van der Waals surface area contributed by atoms with Crippen LogP contribution in [0.1, 0.15) is 20.7 Å². The van der Waals surface area contributed by atoms with E-state index in [0.717, 1.165) is 6.08 Å². The van der Waals surface area contributed by atoms with Gasteiger partial charge in [-0.2, -0.15) is 0 Å². The SMILES string of the molecule is O=C(/C=C/COC(=O)c1cc(I)c(O)c(I)c1)OCC(=O)c1ccccc1. The van der Waals surface area contributed by atoms with Crippen LogP contribution in [0.4, 0.5) is 0 Å². The number of carbonyl (C=O) groups is 3. The fourth-order valence-corrected chi connectivity index (χ4v) is 3.70. The Morgan fingerprint density at radius 3 is 2.22 bits per heavy atom. The molecule has 140 valence electrons. The third-order valence-electron chi connectivity index (χ3n) is 3.26. The Balaban J connectivity index is 1.77. The molecule has 0 unspecified atom stereocenters. The van der Waals surface area contributed by atoms with Crippen LogP contribution in [0.25, 0.3) is 0 Å². The predicted octanol–water partition coefficient (Wildman–Crippen LogP) is 3.74. The Hall–Kier alpha value is -1.95. The van der Waals surface area contributed by atoms with Crippen LogP contribution in [0.15, 0.2) is 54.6 Å². The first-order chi connectivity index (χ1) is 12.9. The molecule has 6 nitrogen and oxygen atoms in total. The van der Waals surface area contributed by atoms with E-state index in [1.165, 1.54) is 18.2 Å². The van der Waals surface area contributed by atoms with Gasteiger partial charge < -0.3 is 14.6 Å². The van der Waals surface area contributed by atoms with Crippen LogP contribution in [0.2, 0.25) is 0 Å². The van der Waals surface area contributed by atoms with Crippen LogP contribution in [0.3, 0.4) is 0 Å². The van der Waals surface area contributed by atoms with Crippen molar-refractivity contribution in [2.75, 3.05) is 13.2 Å². The highest BCUT2D eigenvalue weighted by Crippen LogP contribution is 2.27. The van der Waals surface area contributed by atoms with Crippen LogP contribution in [0, 0.1) is 7.14 Å². The summed E-state index contributed by atoms with van der Waals surface area (Å²) in [5.41, 5.74) is 0.757. The summed E-state index contributed by atoms with van der Waals surface area (Å²) in [6.07, 6.45) is 2.42. The van der Waals surface area contributed by atoms with Gasteiger partial charge in [-0.1, -0.05) is 30.3 Å². The summed E-state index contributed by atoms with van der Waals surface area (Å²) in [5.74, 6) is -1.48. The van der Waals surface area contributed by atoms with Crippen molar-refractivity contribution in [2.24, 2.45) is 0 Å². The maximum Gasteiger partial charge on any atom is 0.338 e. The largest absolute Gasteiger partial charge is 0.506 e. The molecule has 0 aliphatic rings. The molecule has 0 saturated heterocycles. The first-order valence-electron chi connectivity index (χ1n) is 7.65. The molecule has 0 spiro atoms. The third kappa shape index (κ3) is 6.61. The average molecular weight is 592 g/mol. The van der Waals surface area contributed by atoms with Gasteiger partial charge in [0.05, 0.1) is 12.7 Å². The van der Waals surface area contributed by atoms with Gasteiger partial charge in [0, 0.05) is 11.6 Å². The minimum absolute atomic E-state index is 0.112. The maximum absolute atomic E-state index is 12.0. The lowest BCUT2D eigenvalue weighted by atomic mass is 10.1. The summed E-state index contributed by atoms with van der Waals surface area (Å²) in [4.78, 5) is 35.4. The number of esters is 2. The Bertz CT molecular complexity index is 854. The van der Waals surface area contributed by atoms with Crippen LogP contribution in [0.5, 0.6) is 5.75 Å². The molecule has 0 amide bonds. The fourth-order valence-electron chi connectivity index (χ4n) is 1.93. The lowest BCUT2D eigenvalue weighted by Gasteiger charge is -2.05. The van der Waals surface area contributed by atoms with E-state index in [0.29, 0.717) is 18.3 Å². The van der Waals surface area contributed by atoms with Crippen molar-refractivity contribution in [3.05, 3.63) is 72.9 Å². The number of hydrogen-bond donors (Lipinski definition) is 1. The second kappa shape index (κ2) is 10.4. The van der Waals surface area contributed by atoms with E-state index in [1.54, 1.807) is 30.3 Å². The number of phenols is 1. The lowest BCUT2D eigenvalue weighted by Crippen LogP contribution is -2.12. The first kappa shape index (κ1) is 21.4. The summed E-state index contributed by atoms with van der Waals surface area (Å²) < 4.78 is 11.0. The van der Waals surface area contributed by atoms with Crippen LogP contribution >= 0.6 is 45.2 Å². The van der Waals surface area contributed by atoms with Gasteiger partial charge in [-0.05, 0) is 63.4 Å². The highest BCUT2D eigenvalue weighted by molar-refractivity contribution is 14.1. The first-order valence-corrected chi connectivity index (χ1v) is 9.81. The number of hydrogen-bond acceptors (Lipinski definition) is 6. The molecular weight excluding hydrogens is 578 g/mol. The molecule has 0 aromatic heterocycles. The van der Waals surface area contributed by atoms with Crippen molar-refractivity contribution in [1.29, 1.82) is 0 Å². The van der Waals surface area contributed by atoms with Gasteiger partial charge in [0.2, 0.25) is 0 Å². The highest BCUT2D eigenvalue weighted by atomic mass is 127. The summed E-state index contributed by atoms with van der Waals surface area (Å²) in [7, 11) is 0. The van der Waals surface area contributed by atoms with Crippen molar-refractivity contribution < 1.29 is 29.0 Å². The number of ether oxygens (including phenoxy) is 2. The number of halogens is 2. The van der Waals surface area contributed by atoms with Crippen molar-refractivity contribution in [3.8, 4) is 5.75 Å². The molecule has 8 heteroatoms. The summed E-state index contributed by atoms with van der Waals surface area (Å²) in [5, 5.41) is 9.70. The second-order valence-corrected chi connectivity index (χ2v) is 7.51. The molecule has 0 aliphatic heterocycles. The van der Waals surface area contributed by atoms with E-state index in [9.17, 15) is 19.5 Å². The number of aromatic hydroxyl groups is 1. The number of rotatable bonds is 7. The van der Waals surface area contributed by atoms with E-state index < -0.39 is 11.9 Å². The third-order valence-corrected chi connectivity index (χ3v) is 4.90. The van der Waals surface area contributed by atoms with Gasteiger partial charge in [0.1, 0.15) is 12.4 Å². The molecule has 0 bridgehead atoms. The molecule has 1 N–H and O–H groups in total. The maximum atomic E-state index is 12.0. The Morgan fingerprint density at radius 2 is 1.59 bits per heavy atom.